The predicted octanol–water partition coefficient (Wildman–Crippen LogP) is 0.985. The van der Waals surface area contributed by atoms with Crippen molar-refractivity contribution in [2.45, 2.75) is 12.8 Å². The van der Waals surface area contributed by atoms with Gasteiger partial charge in [0.15, 0.2) is 0 Å². The number of hydrogen-bond donors (Lipinski definition) is 0. The highest BCUT2D eigenvalue weighted by atomic mass is 32.2. The van der Waals surface area contributed by atoms with Crippen molar-refractivity contribution in [3.63, 3.8) is 0 Å². The van der Waals surface area contributed by atoms with E-state index in [9.17, 15) is 0 Å². The van der Waals surface area contributed by atoms with E-state index in [0.29, 0.717) is 0 Å². The molecule has 0 saturated carbocycles. The minimum Gasteiger partial charge on any atom is -0.290 e. The lowest BCUT2D eigenvalue weighted by Gasteiger charge is -2.10. The Balaban J connectivity index is 2.96. The van der Waals surface area contributed by atoms with Gasteiger partial charge in [0.1, 0.15) is 0 Å². The molecule has 0 aliphatic carbocycles. The molecule has 2 heteroatoms. The quantitative estimate of drug-likeness (QED) is 0.491. The highest BCUT2D eigenvalue weighted by Crippen LogP contribution is 2.38. The highest BCUT2D eigenvalue weighted by Gasteiger charge is 2.18. The summed E-state index contributed by atoms with van der Waals surface area (Å²) in [5.74, 6) is -2.30. The van der Waals surface area contributed by atoms with Crippen LogP contribution in [0.1, 0.15) is 19.6 Å². The first-order chi connectivity index (χ1) is 7.62. The van der Waals surface area contributed by atoms with Gasteiger partial charge in [0.25, 0.3) is 0 Å². The third-order valence-corrected chi connectivity index (χ3v) is 2.03. The van der Waals surface area contributed by atoms with Crippen LogP contribution in [0, 0.1) is 5.89 Å². The van der Waals surface area contributed by atoms with Crippen LogP contribution in [0.25, 0.3) is 0 Å². The molecule has 0 N–H and O–H groups in total. The van der Waals surface area contributed by atoms with Crippen molar-refractivity contribution in [2.75, 3.05) is 5.70 Å². The monoisotopic (exact) mass is 152 g/mol. The second-order valence-electron chi connectivity index (χ2n) is 1.84. The van der Waals surface area contributed by atoms with Crippen LogP contribution in [0.5, 0.6) is 0 Å². The number of aliphatic imine (C=N–C) groups is 1. The second kappa shape index (κ2) is 2.18. The predicted molar refractivity (Wildman–Crippen MR) is 47.3 cm³/mol. The fourth-order valence-corrected chi connectivity index (χ4v) is 1.44. The smallest absolute Gasteiger partial charge is 0.0637 e. The summed E-state index contributed by atoms with van der Waals surface area (Å²) >= 11 is -6.56. The molecule has 2 aliphatic rings. The molecule has 52 valence electrons. The fraction of sp³-hybridized carbons (Fsp3) is 0.571. The molecule has 2 aliphatic heterocycles. The lowest BCUT2D eigenvalue weighted by atomic mass is 10.0. The van der Waals surface area contributed by atoms with Crippen LogP contribution in [0.2, 0.25) is 0 Å². The Bertz CT molecular complexity index is 499. The van der Waals surface area contributed by atoms with E-state index in [1.165, 1.54) is 6.21 Å². The van der Waals surface area contributed by atoms with Crippen molar-refractivity contribution in [1.82, 2.24) is 0 Å². The van der Waals surface area contributed by atoms with Crippen LogP contribution < -0.4 is 0 Å². The van der Waals surface area contributed by atoms with Gasteiger partial charge in [0, 0.05) is 19.3 Å². The Morgan fingerprint density at radius 2 is 3.11 bits per heavy atom. The molecule has 0 aromatic rings. The van der Waals surface area contributed by atoms with Crippen LogP contribution in [0.15, 0.2) is 16.1 Å². The summed E-state index contributed by atoms with van der Waals surface area (Å²) in [6.07, 6.45) is -1.36. The van der Waals surface area contributed by atoms with Crippen LogP contribution in [0.4, 0.5) is 0 Å². The van der Waals surface area contributed by atoms with Crippen LogP contribution in [-0.4, -0.2) is 16.4 Å². The van der Waals surface area contributed by atoms with Crippen molar-refractivity contribution in [3.8, 4) is 0 Å². The van der Waals surface area contributed by atoms with E-state index in [2.05, 4.69) is 4.99 Å². The van der Waals surface area contributed by atoms with Crippen molar-refractivity contribution < 1.29 is 6.85 Å². The van der Waals surface area contributed by atoms with E-state index >= 15 is 0 Å². The number of fused-ring (bicyclic) bond motifs is 1. The van der Waals surface area contributed by atoms with E-state index in [4.69, 9.17) is 11.3 Å². The number of nitrogens with zero attached hydrogens (tertiary/aromatic N) is 1. The summed E-state index contributed by atoms with van der Waals surface area (Å²) in [5.41, 5.74) is -3.41. The van der Waals surface area contributed by atoms with Gasteiger partial charge in [-0.1, -0.05) is 0 Å². The SMILES string of the molecule is [2H]C12CC=NC=C1S([2H])([2H])([2H])([2H])C([2H])([2H])C2([2H])[2H]. The second-order valence-corrected chi connectivity index (χ2v) is 2.68. The zero-order valence-electron chi connectivity index (χ0n) is 13.7. The Hall–Kier alpha value is -0.240. The molecule has 0 aromatic heterocycles. The van der Waals surface area contributed by atoms with Crippen LogP contribution in [-0.2, 0) is 0 Å². The molecule has 0 amide bonds. The largest absolute Gasteiger partial charge is 0.290 e. The lowest BCUT2D eigenvalue weighted by Crippen LogP contribution is -1.99. The van der Waals surface area contributed by atoms with Gasteiger partial charge in [-0.25, -0.2) is 0 Å². The summed E-state index contributed by atoms with van der Waals surface area (Å²) in [7, 11) is 0. The molecular formula is C7H13NS. The molecule has 1 saturated heterocycles. The molecule has 2 heterocycles. The van der Waals surface area contributed by atoms with Crippen LogP contribution >= 0.6 is 11.4 Å². The highest BCUT2D eigenvalue weighted by molar-refractivity contribution is 8.03. The topological polar surface area (TPSA) is 12.4 Å². The first-order valence-corrected chi connectivity index (χ1v) is 3.54. The van der Waals surface area contributed by atoms with Gasteiger partial charge in [-0.05, 0) is 29.3 Å². The van der Waals surface area contributed by atoms with Gasteiger partial charge in [-0.3, -0.25) is 16.4 Å². The van der Waals surface area contributed by atoms with E-state index in [0.717, 1.165) is 6.20 Å². The number of hydrogen-bond acceptors (Lipinski definition) is 1. The van der Waals surface area contributed by atoms with Crippen molar-refractivity contribution in [3.05, 3.63) is 11.1 Å². The maximum Gasteiger partial charge on any atom is 0.0637 e. The average Bonchev–Trinajstić information content (AvgIpc) is 2.19. The standard InChI is InChI=1S/C7H13NS/c1-3-8-5-7-6(1)2-4-9-7/h3,5-6H,1-2,4H2,9H4/i2D2,4D2,6D,9D4. The summed E-state index contributed by atoms with van der Waals surface area (Å²) in [6.45, 7) is 0. The van der Waals surface area contributed by atoms with Crippen LogP contribution in [0.3, 0.4) is 0 Å². The van der Waals surface area contributed by atoms with Crippen molar-refractivity contribution in [1.29, 1.82) is 4.50 Å². The molecule has 9 heavy (non-hydrogen) atoms. The number of allylic oxidation sites excluding steroid dienone is 1. The van der Waals surface area contributed by atoms with Crippen molar-refractivity contribution >= 4 is 17.6 Å². The Morgan fingerprint density at radius 3 is 4.00 bits per heavy atom. The number of rotatable bonds is 0. The van der Waals surface area contributed by atoms with Gasteiger partial charge < -0.3 is 0 Å². The van der Waals surface area contributed by atoms with E-state index in [-0.39, 0.29) is 6.42 Å². The molecule has 1 nitrogen and oxygen atoms in total. The van der Waals surface area contributed by atoms with E-state index in [1.807, 2.05) is 0 Å². The zero-order valence-corrected chi connectivity index (χ0v) is 5.53. The molecule has 1 unspecified atom stereocenters. The molecule has 2 rings (SSSR count). The Labute approximate surface area is 70.6 Å². The minimum atomic E-state index is -6.56. The van der Waals surface area contributed by atoms with E-state index in [1.54, 1.807) is 0 Å². The van der Waals surface area contributed by atoms with Gasteiger partial charge >= 0.3 is 0 Å². The molecule has 0 bridgehead atoms. The van der Waals surface area contributed by atoms with Gasteiger partial charge in [-0.15, -0.1) is 0 Å². The summed E-state index contributed by atoms with van der Waals surface area (Å²) < 4.78 is 70.4. The summed E-state index contributed by atoms with van der Waals surface area (Å²) in [5, 5.41) is 0. The lowest BCUT2D eigenvalue weighted by molar-refractivity contribution is 0.668. The molecule has 0 spiro atoms. The minimum absolute atomic E-state index is 0.346. The maximum atomic E-state index is 8.08. The van der Waals surface area contributed by atoms with Gasteiger partial charge in [0.2, 0.25) is 0 Å². The third-order valence-electron chi connectivity index (χ3n) is 1.25. The third kappa shape index (κ3) is 0.917. The van der Waals surface area contributed by atoms with Crippen molar-refractivity contribution in [2.24, 2.45) is 10.9 Å². The normalized spacial score (nSPS) is 90.7. The summed E-state index contributed by atoms with van der Waals surface area (Å²) in [4.78, 5) is 2.80. The fourth-order valence-electron chi connectivity index (χ4n) is 0.786. The Kier molecular flexibility index (Phi) is 0.363. The zero-order chi connectivity index (χ0) is 14.3. The molecular weight excluding hydrogens is 130 g/mol. The van der Waals surface area contributed by atoms with E-state index < -0.39 is 34.3 Å². The molecule has 0 aromatic carbocycles. The Morgan fingerprint density at radius 1 is 2.11 bits per heavy atom. The molecule has 1 atom stereocenters. The maximum absolute atomic E-state index is 8.08. The first kappa shape index (κ1) is 1.50. The molecule has 0 radical (unpaired) electrons. The van der Waals surface area contributed by atoms with Gasteiger partial charge in [-0.2, -0.15) is 0 Å². The van der Waals surface area contributed by atoms with Gasteiger partial charge in [0.05, 0.1) is 4.50 Å². The molecule has 1 fully saturated rings. The average molecular weight is 152 g/mol. The first-order valence-electron chi connectivity index (χ1n) is 6.86. The summed E-state index contributed by atoms with van der Waals surface area (Å²) in [6, 6.07) is 0.